The number of anilines is 2. The molecule has 0 fully saturated rings. The molecule has 2 aliphatic rings. The van der Waals surface area contributed by atoms with E-state index in [4.69, 9.17) is 0 Å². The van der Waals surface area contributed by atoms with Gasteiger partial charge in [-0.1, -0.05) is 12.1 Å². The van der Waals surface area contributed by atoms with Crippen molar-refractivity contribution >= 4 is 39.2 Å². The summed E-state index contributed by atoms with van der Waals surface area (Å²) in [6.45, 7) is 2.02. The highest BCUT2D eigenvalue weighted by Crippen LogP contribution is 2.36. The number of aryl methyl sites for hydroxylation is 1. The van der Waals surface area contributed by atoms with Gasteiger partial charge in [-0.25, -0.2) is 9.97 Å². The quantitative estimate of drug-likeness (QED) is 0.735. The van der Waals surface area contributed by atoms with E-state index in [1.165, 1.54) is 34.6 Å². The summed E-state index contributed by atoms with van der Waals surface area (Å²) >= 11 is 1.91. The number of fused-ring (bicyclic) bond motifs is 2. The van der Waals surface area contributed by atoms with Crippen molar-refractivity contribution in [2.24, 2.45) is 0 Å². The number of aromatic amines is 1. The summed E-state index contributed by atoms with van der Waals surface area (Å²) in [5.74, 6) is 2.02. The normalized spacial score (nSPS) is 17.1. The largest absolute Gasteiger partial charge is 0.385 e. The van der Waals surface area contributed by atoms with Gasteiger partial charge in [0.1, 0.15) is 17.8 Å². The summed E-state index contributed by atoms with van der Waals surface area (Å²) in [6.07, 6.45) is 8.17. The van der Waals surface area contributed by atoms with Crippen LogP contribution >= 0.6 is 11.8 Å². The minimum Gasteiger partial charge on any atom is -0.385 e. The summed E-state index contributed by atoms with van der Waals surface area (Å²) in [5, 5.41) is 4.60. The first-order chi connectivity index (χ1) is 12.4. The highest BCUT2D eigenvalue weighted by Gasteiger charge is 2.18. The second-order valence-electron chi connectivity index (χ2n) is 6.37. The molecule has 25 heavy (non-hydrogen) atoms. The summed E-state index contributed by atoms with van der Waals surface area (Å²) in [7, 11) is 0. The molecule has 4 heterocycles. The van der Waals surface area contributed by atoms with Crippen LogP contribution in [0.1, 0.15) is 17.5 Å². The van der Waals surface area contributed by atoms with Gasteiger partial charge >= 0.3 is 0 Å². The fourth-order valence-corrected chi connectivity index (χ4v) is 4.53. The molecule has 0 atom stereocenters. The molecule has 5 nitrogen and oxygen atoms in total. The molecule has 126 valence electrons. The predicted octanol–water partition coefficient (Wildman–Crippen LogP) is 3.87. The Labute approximate surface area is 150 Å². The molecule has 2 N–H and O–H groups in total. The van der Waals surface area contributed by atoms with Crippen LogP contribution in [0.3, 0.4) is 0 Å². The average Bonchev–Trinajstić information content (AvgIpc) is 3.16. The van der Waals surface area contributed by atoms with Crippen molar-refractivity contribution < 1.29 is 0 Å². The van der Waals surface area contributed by atoms with Gasteiger partial charge < -0.3 is 15.2 Å². The Bertz CT molecular complexity index is 961. The van der Waals surface area contributed by atoms with Gasteiger partial charge in [0.15, 0.2) is 0 Å². The molecular formula is C19H19N5S. The monoisotopic (exact) mass is 349 g/mol. The third-order valence-electron chi connectivity index (χ3n) is 4.80. The number of benzene rings is 1. The van der Waals surface area contributed by atoms with Gasteiger partial charge in [-0.05, 0) is 36.1 Å². The van der Waals surface area contributed by atoms with E-state index in [-0.39, 0.29) is 0 Å². The van der Waals surface area contributed by atoms with Crippen LogP contribution in [0.2, 0.25) is 0 Å². The maximum Gasteiger partial charge on any atom is 0.145 e. The van der Waals surface area contributed by atoms with E-state index >= 15 is 0 Å². The molecule has 0 saturated heterocycles. The molecule has 0 radical (unpaired) electrons. The number of hydrogen-bond acceptors (Lipinski definition) is 5. The smallest absolute Gasteiger partial charge is 0.145 e. The minimum atomic E-state index is 0.885. The van der Waals surface area contributed by atoms with E-state index in [0.29, 0.717) is 0 Å². The Morgan fingerprint density at radius 1 is 1.16 bits per heavy atom. The lowest BCUT2D eigenvalue weighted by Crippen LogP contribution is -2.24. The Kier molecular flexibility index (Phi) is 3.63. The molecule has 2 aromatic heterocycles. The molecule has 5 rings (SSSR count). The molecule has 0 spiro atoms. The Hall–Kier alpha value is -2.47. The zero-order chi connectivity index (χ0) is 16.6. The number of aromatic nitrogens is 3. The van der Waals surface area contributed by atoms with Crippen LogP contribution in [0, 0.1) is 0 Å². The number of H-pyrrole nitrogens is 1. The summed E-state index contributed by atoms with van der Waals surface area (Å²) < 4.78 is 0. The van der Waals surface area contributed by atoms with Crippen LogP contribution in [-0.2, 0) is 6.42 Å². The first kappa shape index (κ1) is 14.8. The second kappa shape index (κ2) is 6.11. The third kappa shape index (κ3) is 2.66. The van der Waals surface area contributed by atoms with Crippen LogP contribution in [0.25, 0.3) is 15.9 Å². The summed E-state index contributed by atoms with van der Waals surface area (Å²) in [4.78, 5) is 15.5. The van der Waals surface area contributed by atoms with Crippen molar-refractivity contribution in [3.63, 3.8) is 0 Å². The van der Waals surface area contributed by atoms with E-state index in [2.05, 4.69) is 49.6 Å². The maximum absolute atomic E-state index is 4.53. The highest BCUT2D eigenvalue weighted by molar-refractivity contribution is 8.08. The van der Waals surface area contributed by atoms with Crippen LogP contribution in [0.15, 0.2) is 43.0 Å². The number of nitrogens with zero attached hydrogens (tertiary/aromatic N) is 3. The Morgan fingerprint density at radius 2 is 2.16 bits per heavy atom. The maximum atomic E-state index is 4.53. The zero-order valence-electron chi connectivity index (χ0n) is 13.8. The molecule has 0 amide bonds. The van der Waals surface area contributed by atoms with Gasteiger partial charge in [0.2, 0.25) is 0 Å². The molecule has 0 saturated carbocycles. The predicted molar refractivity (Wildman–Crippen MR) is 105 cm³/mol. The lowest BCUT2D eigenvalue weighted by Gasteiger charge is -2.27. The highest BCUT2D eigenvalue weighted by atomic mass is 32.2. The van der Waals surface area contributed by atoms with Crippen molar-refractivity contribution in [1.82, 2.24) is 15.0 Å². The Morgan fingerprint density at radius 3 is 3.16 bits per heavy atom. The van der Waals surface area contributed by atoms with Gasteiger partial charge in [-0.3, -0.25) is 0 Å². The van der Waals surface area contributed by atoms with Crippen LogP contribution in [0.4, 0.5) is 11.5 Å². The lowest BCUT2D eigenvalue weighted by atomic mass is 10.0. The fraction of sp³-hybridized carbons (Fsp3) is 0.263. The lowest BCUT2D eigenvalue weighted by molar-refractivity contribution is 0.830. The summed E-state index contributed by atoms with van der Waals surface area (Å²) in [5.41, 5.74) is 4.88. The van der Waals surface area contributed by atoms with Crippen molar-refractivity contribution in [2.45, 2.75) is 12.8 Å². The van der Waals surface area contributed by atoms with Gasteiger partial charge in [0.05, 0.1) is 5.39 Å². The Balaban J connectivity index is 1.53. The van der Waals surface area contributed by atoms with Crippen LogP contribution in [0.5, 0.6) is 0 Å². The molecule has 0 aliphatic carbocycles. The van der Waals surface area contributed by atoms with Gasteiger partial charge in [0.25, 0.3) is 0 Å². The molecule has 0 bridgehead atoms. The first-order valence-corrected chi connectivity index (χ1v) is 9.63. The van der Waals surface area contributed by atoms with Crippen molar-refractivity contribution in [2.75, 3.05) is 29.1 Å². The molecular weight excluding hydrogens is 330 g/mol. The third-order valence-corrected chi connectivity index (χ3v) is 5.84. The van der Waals surface area contributed by atoms with Crippen LogP contribution in [-0.4, -0.2) is 33.8 Å². The number of rotatable bonds is 2. The van der Waals surface area contributed by atoms with Crippen molar-refractivity contribution in [1.29, 1.82) is 0 Å². The van der Waals surface area contributed by atoms with Crippen molar-refractivity contribution in [3.8, 4) is 0 Å². The number of thioether (sulfide) groups is 1. The first-order valence-electron chi connectivity index (χ1n) is 8.65. The van der Waals surface area contributed by atoms with E-state index in [0.717, 1.165) is 35.7 Å². The molecule has 3 aromatic rings. The topological polar surface area (TPSA) is 56.8 Å². The average molecular weight is 349 g/mol. The molecule has 6 heteroatoms. The number of hydrogen-bond donors (Lipinski definition) is 2. The number of nitrogens with one attached hydrogen (secondary N) is 2. The van der Waals surface area contributed by atoms with E-state index in [1.807, 2.05) is 24.0 Å². The minimum absolute atomic E-state index is 0.885. The van der Waals surface area contributed by atoms with Crippen molar-refractivity contribution in [3.05, 3.63) is 54.1 Å². The SMILES string of the molecule is C1=C(c2ccc3c(c2)NCCC3)SCCN1c1ncnc2[nH]ccc12. The fourth-order valence-electron chi connectivity index (χ4n) is 3.52. The molecule has 1 aromatic carbocycles. The molecule has 2 aliphatic heterocycles. The standard InChI is InChI=1S/C19H19N5S/c1-2-13-3-4-14(10-16(13)20-6-1)17-11-24(8-9-25-17)19-15-5-7-21-18(15)22-12-23-19/h3-5,7,10-12,20H,1-2,6,8-9H2,(H,21,22,23). The molecule has 0 unspecified atom stereocenters. The van der Waals surface area contributed by atoms with Gasteiger partial charge in [0, 0.05) is 41.8 Å². The summed E-state index contributed by atoms with van der Waals surface area (Å²) in [6, 6.07) is 8.86. The van der Waals surface area contributed by atoms with Gasteiger partial charge in [-0.2, -0.15) is 0 Å². The van der Waals surface area contributed by atoms with E-state index in [9.17, 15) is 0 Å². The zero-order valence-corrected chi connectivity index (χ0v) is 14.6. The van der Waals surface area contributed by atoms with E-state index < -0.39 is 0 Å². The van der Waals surface area contributed by atoms with Crippen LogP contribution < -0.4 is 10.2 Å². The van der Waals surface area contributed by atoms with Gasteiger partial charge in [-0.15, -0.1) is 11.8 Å². The van der Waals surface area contributed by atoms with E-state index in [1.54, 1.807) is 6.33 Å². The second-order valence-corrected chi connectivity index (χ2v) is 7.51.